The summed E-state index contributed by atoms with van der Waals surface area (Å²) in [6, 6.07) is 9.17. The Morgan fingerprint density at radius 2 is 1.82 bits per heavy atom. The summed E-state index contributed by atoms with van der Waals surface area (Å²) in [5, 5.41) is 2.72. The molecule has 7 N–H and O–H groups in total. The number of amides is 2. The summed E-state index contributed by atoms with van der Waals surface area (Å²) >= 11 is 0. The zero-order valence-corrected chi connectivity index (χ0v) is 22.5. The molecule has 1 atom stereocenters. The number of benzene rings is 1. The van der Waals surface area contributed by atoms with Gasteiger partial charge in [0, 0.05) is 37.1 Å². The number of nitrogens with zero attached hydrogens (tertiary/aromatic N) is 5. The quantitative estimate of drug-likeness (QED) is 0.421. The number of piperazine rings is 1. The molecule has 1 aromatic carbocycles. The van der Waals surface area contributed by atoms with Gasteiger partial charge in [-0.3, -0.25) is 14.8 Å². The molecule has 206 valence electrons. The molecule has 0 saturated carbocycles. The van der Waals surface area contributed by atoms with Gasteiger partial charge in [-0.15, -0.1) is 0 Å². The molecule has 11 nitrogen and oxygen atoms in total. The number of urea groups is 1. The number of carbonyl (C=O) groups is 1. The maximum Gasteiger partial charge on any atom is 0.354 e. The SMILES string of the molecule is C=C(N1CCN(C(=O)Nc2ccn(-c3ccc(CN4CCC(CN)CC4)cc3)c(=O)n2)C[C@H]1N)C(C)(C)N. The number of piperidine rings is 1. The zero-order valence-electron chi connectivity index (χ0n) is 22.5. The molecule has 11 heteroatoms. The van der Waals surface area contributed by atoms with E-state index in [1.54, 1.807) is 17.2 Å². The lowest BCUT2D eigenvalue weighted by molar-refractivity contribution is 0.114. The number of hydrogen-bond acceptors (Lipinski definition) is 8. The van der Waals surface area contributed by atoms with E-state index in [4.69, 9.17) is 17.2 Å². The minimum atomic E-state index is -0.599. The number of nitrogens with two attached hydrogens (primary N) is 3. The molecule has 2 aromatic rings. The van der Waals surface area contributed by atoms with Gasteiger partial charge in [0.1, 0.15) is 5.82 Å². The fourth-order valence-corrected chi connectivity index (χ4v) is 4.96. The summed E-state index contributed by atoms with van der Waals surface area (Å²) < 4.78 is 1.46. The van der Waals surface area contributed by atoms with E-state index in [0.717, 1.165) is 50.4 Å². The average molecular weight is 524 g/mol. The molecule has 1 aromatic heterocycles. The van der Waals surface area contributed by atoms with Crippen LogP contribution in [-0.4, -0.2) is 81.3 Å². The van der Waals surface area contributed by atoms with Gasteiger partial charge < -0.3 is 27.0 Å². The average Bonchev–Trinajstić information content (AvgIpc) is 2.89. The van der Waals surface area contributed by atoms with Crippen LogP contribution in [0, 0.1) is 5.92 Å². The van der Waals surface area contributed by atoms with E-state index in [2.05, 4.69) is 21.8 Å². The Bertz CT molecular complexity index is 1180. The van der Waals surface area contributed by atoms with Crippen molar-refractivity contribution in [3.05, 3.63) is 64.9 Å². The first-order chi connectivity index (χ1) is 18.0. The summed E-state index contributed by atoms with van der Waals surface area (Å²) in [6.45, 7) is 12.8. The number of carbonyl (C=O) groups excluding carboxylic acids is 1. The summed E-state index contributed by atoms with van der Waals surface area (Å²) in [5.74, 6) is 0.829. The van der Waals surface area contributed by atoms with Crippen LogP contribution < -0.4 is 28.2 Å². The summed E-state index contributed by atoms with van der Waals surface area (Å²) in [7, 11) is 0. The molecule has 38 heavy (non-hydrogen) atoms. The van der Waals surface area contributed by atoms with Gasteiger partial charge in [0.05, 0.1) is 18.4 Å². The highest BCUT2D eigenvalue weighted by Crippen LogP contribution is 2.21. The molecule has 0 bridgehead atoms. The molecule has 4 rings (SSSR count). The van der Waals surface area contributed by atoms with Crippen molar-refractivity contribution in [2.75, 3.05) is 44.6 Å². The number of nitrogens with one attached hydrogen (secondary N) is 1. The largest absolute Gasteiger partial charge is 0.355 e. The number of anilines is 1. The van der Waals surface area contributed by atoms with E-state index in [0.29, 0.717) is 25.6 Å². The molecule has 0 radical (unpaired) electrons. The van der Waals surface area contributed by atoms with Crippen LogP contribution in [0.3, 0.4) is 0 Å². The normalized spacial score (nSPS) is 19.4. The number of aromatic nitrogens is 2. The van der Waals surface area contributed by atoms with Crippen LogP contribution in [0.5, 0.6) is 0 Å². The van der Waals surface area contributed by atoms with Crippen molar-refractivity contribution in [1.82, 2.24) is 24.3 Å². The Morgan fingerprint density at radius 3 is 2.39 bits per heavy atom. The highest BCUT2D eigenvalue weighted by atomic mass is 16.2. The molecule has 2 fully saturated rings. The first-order valence-corrected chi connectivity index (χ1v) is 13.2. The fraction of sp³-hybridized carbons (Fsp3) is 0.519. The predicted molar refractivity (Wildman–Crippen MR) is 150 cm³/mol. The van der Waals surface area contributed by atoms with Crippen LogP contribution in [0.15, 0.2) is 53.6 Å². The summed E-state index contributed by atoms with van der Waals surface area (Å²) in [4.78, 5) is 35.6. The maximum atomic E-state index is 12.8. The Labute approximate surface area is 224 Å². The van der Waals surface area contributed by atoms with Crippen molar-refractivity contribution < 1.29 is 4.79 Å². The van der Waals surface area contributed by atoms with Gasteiger partial charge in [-0.2, -0.15) is 4.98 Å². The lowest BCUT2D eigenvalue weighted by atomic mass is 9.97. The Hall–Kier alpha value is -3.25. The van der Waals surface area contributed by atoms with E-state index in [9.17, 15) is 9.59 Å². The fourth-order valence-electron chi connectivity index (χ4n) is 4.96. The van der Waals surface area contributed by atoms with E-state index in [1.165, 1.54) is 10.1 Å². The van der Waals surface area contributed by atoms with Crippen molar-refractivity contribution in [3.8, 4) is 5.69 Å². The van der Waals surface area contributed by atoms with Crippen LogP contribution in [-0.2, 0) is 6.54 Å². The van der Waals surface area contributed by atoms with Crippen LogP contribution in [0.1, 0.15) is 32.3 Å². The molecule has 0 aliphatic carbocycles. The van der Waals surface area contributed by atoms with Crippen molar-refractivity contribution in [1.29, 1.82) is 0 Å². The first kappa shape index (κ1) is 27.8. The van der Waals surface area contributed by atoms with Crippen molar-refractivity contribution >= 4 is 11.8 Å². The topological polar surface area (TPSA) is 152 Å². The van der Waals surface area contributed by atoms with Gasteiger partial charge in [-0.1, -0.05) is 18.7 Å². The molecule has 2 aliphatic heterocycles. The molecule has 0 unspecified atom stereocenters. The van der Waals surface area contributed by atoms with Crippen molar-refractivity contribution in [3.63, 3.8) is 0 Å². The summed E-state index contributed by atoms with van der Waals surface area (Å²) in [5.41, 5.74) is 19.8. The minimum Gasteiger partial charge on any atom is -0.355 e. The lowest BCUT2D eigenvalue weighted by Crippen LogP contribution is -2.61. The second-order valence-corrected chi connectivity index (χ2v) is 10.9. The summed E-state index contributed by atoms with van der Waals surface area (Å²) in [6.07, 6.45) is 3.48. The highest BCUT2D eigenvalue weighted by Gasteiger charge is 2.32. The third kappa shape index (κ3) is 6.60. The van der Waals surface area contributed by atoms with Crippen LogP contribution >= 0.6 is 0 Å². The molecule has 2 saturated heterocycles. The zero-order chi connectivity index (χ0) is 27.4. The van der Waals surface area contributed by atoms with Crippen LogP contribution in [0.4, 0.5) is 10.6 Å². The Balaban J connectivity index is 1.33. The predicted octanol–water partition coefficient (Wildman–Crippen LogP) is 1.09. The van der Waals surface area contributed by atoms with E-state index < -0.39 is 17.4 Å². The smallest absolute Gasteiger partial charge is 0.354 e. The van der Waals surface area contributed by atoms with Gasteiger partial charge >= 0.3 is 11.7 Å². The van der Waals surface area contributed by atoms with Gasteiger partial charge in [-0.05, 0) is 76.0 Å². The van der Waals surface area contributed by atoms with Crippen LogP contribution in [0.2, 0.25) is 0 Å². The Morgan fingerprint density at radius 1 is 1.13 bits per heavy atom. The van der Waals surface area contributed by atoms with Crippen molar-refractivity contribution in [2.45, 2.75) is 44.9 Å². The molecule has 0 spiro atoms. The van der Waals surface area contributed by atoms with Gasteiger partial charge in [0.25, 0.3) is 0 Å². The van der Waals surface area contributed by atoms with E-state index in [-0.39, 0.29) is 11.8 Å². The van der Waals surface area contributed by atoms with E-state index in [1.807, 2.05) is 43.0 Å². The van der Waals surface area contributed by atoms with Crippen LogP contribution in [0.25, 0.3) is 5.69 Å². The van der Waals surface area contributed by atoms with E-state index >= 15 is 0 Å². The monoisotopic (exact) mass is 523 g/mol. The molecule has 2 amide bonds. The Kier molecular flexibility index (Phi) is 8.51. The minimum absolute atomic E-state index is 0.192. The maximum absolute atomic E-state index is 12.8. The third-order valence-electron chi connectivity index (χ3n) is 7.50. The molecular formula is C27H41N9O2. The number of rotatable bonds is 7. The van der Waals surface area contributed by atoms with Gasteiger partial charge in [-0.25, -0.2) is 9.59 Å². The highest BCUT2D eigenvalue weighted by molar-refractivity contribution is 5.88. The van der Waals surface area contributed by atoms with Gasteiger partial charge in [0.2, 0.25) is 0 Å². The molecular weight excluding hydrogens is 482 g/mol. The lowest BCUT2D eigenvalue weighted by Gasteiger charge is -2.44. The second kappa shape index (κ2) is 11.6. The first-order valence-electron chi connectivity index (χ1n) is 13.2. The standard InChI is InChI=1S/C27H41N9O2/c1-19(27(2,3)30)35-15-14-34(18-23(35)29)25(37)31-24-10-13-36(26(38)32-24)22-6-4-21(5-7-22)17-33-11-8-20(16-28)9-12-33/h4-7,10,13,20,23H,1,8-9,11-12,14-18,28-30H2,2-3H3,(H,31,32,37,38)/t23-/m0/s1. The third-order valence-corrected chi connectivity index (χ3v) is 7.50. The van der Waals surface area contributed by atoms with Crippen molar-refractivity contribution in [2.24, 2.45) is 23.1 Å². The second-order valence-electron chi connectivity index (χ2n) is 10.9. The van der Waals surface area contributed by atoms with Gasteiger partial charge in [0.15, 0.2) is 0 Å². The number of hydrogen-bond donors (Lipinski definition) is 4. The number of likely N-dealkylation sites (tertiary alicyclic amines) is 1. The molecule has 2 aliphatic rings. The molecule has 3 heterocycles.